The first-order valence-electron chi connectivity index (χ1n) is 3.82. The number of hydrazine groups is 1. The standard InChI is InChI=1S/C8H9Cl2N3S/c9-6-2-1-5(3-7(6)10)4-12-13-8(11)14/h1-3,12H,4H2,(H3,11,13,14). The summed E-state index contributed by atoms with van der Waals surface area (Å²) in [6.07, 6.45) is 0. The minimum atomic E-state index is 0.199. The molecule has 0 amide bonds. The number of thiocarbonyl (C=S) groups is 1. The lowest BCUT2D eigenvalue weighted by Gasteiger charge is -2.06. The molecule has 3 nitrogen and oxygen atoms in total. The summed E-state index contributed by atoms with van der Waals surface area (Å²) in [7, 11) is 0. The minimum Gasteiger partial charge on any atom is -0.375 e. The van der Waals surface area contributed by atoms with Crippen LogP contribution < -0.4 is 16.6 Å². The first-order chi connectivity index (χ1) is 6.59. The van der Waals surface area contributed by atoms with Gasteiger partial charge in [-0.2, -0.15) is 0 Å². The SMILES string of the molecule is NC(=S)NNCc1ccc(Cl)c(Cl)c1. The molecular formula is C8H9Cl2N3S. The molecule has 14 heavy (non-hydrogen) atoms. The van der Waals surface area contributed by atoms with E-state index in [4.69, 9.17) is 28.9 Å². The van der Waals surface area contributed by atoms with Crippen molar-refractivity contribution in [3.8, 4) is 0 Å². The van der Waals surface area contributed by atoms with Crippen LogP contribution >= 0.6 is 35.4 Å². The Morgan fingerprint density at radius 2 is 2.07 bits per heavy atom. The average molecular weight is 250 g/mol. The zero-order valence-corrected chi connectivity index (χ0v) is 9.51. The van der Waals surface area contributed by atoms with Gasteiger partial charge < -0.3 is 5.73 Å². The third-order valence-corrected chi connectivity index (χ3v) is 2.33. The Morgan fingerprint density at radius 1 is 1.36 bits per heavy atom. The van der Waals surface area contributed by atoms with Crippen molar-refractivity contribution < 1.29 is 0 Å². The number of hydrogen-bond donors (Lipinski definition) is 3. The maximum absolute atomic E-state index is 5.82. The lowest BCUT2D eigenvalue weighted by atomic mass is 10.2. The molecule has 0 unspecified atom stereocenters. The van der Waals surface area contributed by atoms with Gasteiger partial charge in [-0.25, -0.2) is 5.43 Å². The van der Waals surface area contributed by atoms with E-state index in [1.807, 2.05) is 6.07 Å². The van der Waals surface area contributed by atoms with E-state index in [0.29, 0.717) is 16.6 Å². The summed E-state index contributed by atoms with van der Waals surface area (Å²) >= 11 is 16.2. The summed E-state index contributed by atoms with van der Waals surface area (Å²) in [4.78, 5) is 0. The van der Waals surface area contributed by atoms with E-state index in [-0.39, 0.29) is 5.11 Å². The molecule has 0 atom stereocenters. The van der Waals surface area contributed by atoms with E-state index in [2.05, 4.69) is 23.1 Å². The van der Waals surface area contributed by atoms with Crippen molar-refractivity contribution >= 4 is 40.5 Å². The van der Waals surface area contributed by atoms with Crippen LogP contribution in [0.2, 0.25) is 10.0 Å². The normalized spacial score (nSPS) is 9.86. The van der Waals surface area contributed by atoms with Gasteiger partial charge in [0.05, 0.1) is 10.0 Å². The molecule has 4 N–H and O–H groups in total. The van der Waals surface area contributed by atoms with Crippen molar-refractivity contribution in [1.82, 2.24) is 10.9 Å². The lowest BCUT2D eigenvalue weighted by molar-refractivity contribution is 0.655. The van der Waals surface area contributed by atoms with Crippen LogP contribution in [-0.2, 0) is 6.54 Å². The maximum Gasteiger partial charge on any atom is 0.178 e. The van der Waals surface area contributed by atoms with Crippen LogP contribution in [0.4, 0.5) is 0 Å². The van der Waals surface area contributed by atoms with Crippen LogP contribution in [0.25, 0.3) is 0 Å². The quantitative estimate of drug-likeness (QED) is 0.566. The zero-order valence-electron chi connectivity index (χ0n) is 7.18. The highest BCUT2D eigenvalue weighted by Crippen LogP contribution is 2.22. The van der Waals surface area contributed by atoms with Crippen LogP contribution in [0.1, 0.15) is 5.56 Å². The molecule has 0 aliphatic carbocycles. The van der Waals surface area contributed by atoms with E-state index >= 15 is 0 Å². The number of nitrogens with two attached hydrogens (primary N) is 1. The summed E-state index contributed by atoms with van der Waals surface area (Å²) in [5.74, 6) is 0. The predicted octanol–water partition coefficient (Wildman–Crippen LogP) is 1.83. The number of rotatable bonds is 3. The second kappa shape index (κ2) is 5.36. The van der Waals surface area contributed by atoms with Gasteiger partial charge in [0.1, 0.15) is 0 Å². The van der Waals surface area contributed by atoms with Gasteiger partial charge in [-0.15, -0.1) is 0 Å². The van der Waals surface area contributed by atoms with Crippen molar-refractivity contribution in [2.45, 2.75) is 6.54 Å². The molecule has 6 heteroatoms. The van der Waals surface area contributed by atoms with Gasteiger partial charge in [0.2, 0.25) is 0 Å². The van der Waals surface area contributed by atoms with Gasteiger partial charge in [-0.3, -0.25) is 5.43 Å². The summed E-state index contributed by atoms with van der Waals surface area (Å²) in [6.45, 7) is 0.564. The summed E-state index contributed by atoms with van der Waals surface area (Å²) in [5.41, 5.74) is 11.7. The third kappa shape index (κ3) is 3.67. The predicted molar refractivity (Wildman–Crippen MR) is 63.2 cm³/mol. The van der Waals surface area contributed by atoms with Crippen LogP contribution in [0, 0.1) is 0 Å². The molecule has 1 rings (SSSR count). The first-order valence-corrected chi connectivity index (χ1v) is 4.98. The van der Waals surface area contributed by atoms with Gasteiger partial charge in [-0.1, -0.05) is 29.3 Å². The highest BCUT2D eigenvalue weighted by Gasteiger charge is 1.98. The van der Waals surface area contributed by atoms with Crippen molar-refractivity contribution in [3.63, 3.8) is 0 Å². The van der Waals surface area contributed by atoms with E-state index in [1.54, 1.807) is 12.1 Å². The molecule has 0 aliphatic rings. The molecule has 0 aromatic heterocycles. The largest absolute Gasteiger partial charge is 0.375 e. The van der Waals surface area contributed by atoms with Gasteiger partial charge in [0.15, 0.2) is 5.11 Å². The van der Waals surface area contributed by atoms with E-state index in [1.165, 1.54) is 0 Å². The number of halogens is 2. The first kappa shape index (κ1) is 11.5. The Morgan fingerprint density at radius 3 is 2.64 bits per heavy atom. The van der Waals surface area contributed by atoms with Crippen molar-refractivity contribution in [3.05, 3.63) is 33.8 Å². The fraction of sp³-hybridized carbons (Fsp3) is 0.125. The maximum atomic E-state index is 5.82. The molecule has 0 heterocycles. The average Bonchev–Trinajstić information content (AvgIpc) is 2.10. The molecule has 1 aromatic carbocycles. The Hall–Kier alpha value is -0.550. The van der Waals surface area contributed by atoms with Gasteiger partial charge in [0, 0.05) is 6.54 Å². The minimum absolute atomic E-state index is 0.199. The molecule has 0 saturated carbocycles. The molecule has 0 aliphatic heterocycles. The van der Waals surface area contributed by atoms with Crippen LogP contribution in [0.3, 0.4) is 0 Å². The van der Waals surface area contributed by atoms with E-state index in [0.717, 1.165) is 5.56 Å². The third-order valence-electron chi connectivity index (χ3n) is 1.49. The second-order valence-corrected chi connectivity index (χ2v) is 3.85. The smallest absolute Gasteiger partial charge is 0.178 e. The molecule has 1 aromatic rings. The molecule has 0 fully saturated rings. The Labute approximate surface area is 97.5 Å². The molecule has 0 radical (unpaired) electrons. The zero-order chi connectivity index (χ0) is 10.6. The Kier molecular flexibility index (Phi) is 4.41. The topological polar surface area (TPSA) is 50.1 Å². The lowest BCUT2D eigenvalue weighted by Crippen LogP contribution is -2.40. The van der Waals surface area contributed by atoms with Gasteiger partial charge in [0.25, 0.3) is 0 Å². The summed E-state index contributed by atoms with van der Waals surface area (Å²) in [6, 6.07) is 5.38. The highest BCUT2D eigenvalue weighted by molar-refractivity contribution is 7.80. The summed E-state index contributed by atoms with van der Waals surface area (Å²) in [5, 5.41) is 1.27. The molecule has 0 spiro atoms. The molecule has 76 valence electrons. The van der Waals surface area contributed by atoms with Crippen molar-refractivity contribution in [1.29, 1.82) is 0 Å². The van der Waals surface area contributed by atoms with Crippen LogP contribution in [0.15, 0.2) is 18.2 Å². The molecule has 0 bridgehead atoms. The molecule has 0 saturated heterocycles. The second-order valence-electron chi connectivity index (χ2n) is 2.59. The van der Waals surface area contributed by atoms with Crippen LogP contribution in [-0.4, -0.2) is 5.11 Å². The van der Waals surface area contributed by atoms with Gasteiger partial charge >= 0.3 is 0 Å². The number of benzene rings is 1. The van der Waals surface area contributed by atoms with Crippen molar-refractivity contribution in [2.75, 3.05) is 0 Å². The highest BCUT2D eigenvalue weighted by atomic mass is 35.5. The summed E-state index contributed by atoms with van der Waals surface area (Å²) < 4.78 is 0. The fourth-order valence-corrected chi connectivity index (χ4v) is 1.28. The van der Waals surface area contributed by atoms with E-state index in [9.17, 15) is 0 Å². The van der Waals surface area contributed by atoms with Gasteiger partial charge in [-0.05, 0) is 29.9 Å². The Balaban J connectivity index is 2.51. The fourth-order valence-electron chi connectivity index (χ4n) is 0.883. The van der Waals surface area contributed by atoms with Crippen molar-refractivity contribution in [2.24, 2.45) is 5.73 Å². The molecular weight excluding hydrogens is 241 g/mol. The van der Waals surface area contributed by atoms with E-state index < -0.39 is 0 Å². The number of hydrogen-bond acceptors (Lipinski definition) is 2. The Bertz CT molecular complexity index is 343. The number of nitrogens with one attached hydrogen (secondary N) is 2. The monoisotopic (exact) mass is 249 g/mol. The van der Waals surface area contributed by atoms with Crippen LogP contribution in [0.5, 0.6) is 0 Å².